The quantitative estimate of drug-likeness (QED) is 0.814. The van der Waals surface area contributed by atoms with Gasteiger partial charge < -0.3 is 15.6 Å². The molecule has 1 saturated heterocycles. The molecule has 1 aliphatic heterocycles. The minimum atomic E-state index is -0.0352. The molecule has 0 aromatic carbocycles. The van der Waals surface area contributed by atoms with Crippen LogP contribution in [0.1, 0.15) is 28.8 Å². The third-order valence-electron chi connectivity index (χ3n) is 3.94. The van der Waals surface area contributed by atoms with Crippen LogP contribution in [-0.4, -0.2) is 35.0 Å². The van der Waals surface area contributed by atoms with Crippen molar-refractivity contribution in [1.82, 2.24) is 20.6 Å². The molecule has 21 heavy (non-hydrogen) atoms. The number of thiazole rings is 1. The summed E-state index contributed by atoms with van der Waals surface area (Å²) in [6, 6.07) is 2.11. The molecule has 2 aromatic rings. The first kappa shape index (κ1) is 14.3. The van der Waals surface area contributed by atoms with E-state index in [4.69, 9.17) is 0 Å². The molecule has 5 nitrogen and oxygen atoms in total. The van der Waals surface area contributed by atoms with Crippen LogP contribution in [0, 0.1) is 12.8 Å². The average molecular weight is 304 g/mol. The van der Waals surface area contributed by atoms with E-state index in [9.17, 15) is 4.79 Å². The fourth-order valence-corrected chi connectivity index (χ4v) is 3.27. The van der Waals surface area contributed by atoms with E-state index in [0.717, 1.165) is 35.8 Å². The monoisotopic (exact) mass is 304 g/mol. The van der Waals surface area contributed by atoms with Gasteiger partial charge in [-0.05, 0) is 38.4 Å². The van der Waals surface area contributed by atoms with Crippen LogP contribution in [-0.2, 0) is 0 Å². The van der Waals surface area contributed by atoms with E-state index < -0.39 is 0 Å². The number of hydrogen-bond donors (Lipinski definition) is 3. The zero-order valence-electron chi connectivity index (χ0n) is 12.3. The summed E-state index contributed by atoms with van der Waals surface area (Å²) in [5.41, 5.74) is 2.48. The van der Waals surface area contributed by atoms with E-state index in [1.54, 1.807) is 11.3 Å². The first-order valence-electron chi connectivity index (χ1n) is 7.26. The Morgan fingerprint density at radius 2 is 2.38 bits per heavy atom. The summed E-state index contributed by atoms with van der Waals surface area (Å²) in [5, 5.41) is 9.50. The third kappa shape index (κ3) is 3.16. The lowest BCUT2D eigenvalue weighted by Crippen LogP contribution is -2.48. The summed E-state index contributed by atoms with van der Waals surface area (Å²) in [4.78, 5) is 19.8. The molecule has 1 aliphatic rings. The molecule has 0 radical (unpaired) electrons. The number of rotatable bonds is 3. The highest BCUT2D eigenvalue weighted by Crippen LogP contribution is 2.22. The van der Waals surface area contributed by atoms with Gasteiger partial charge in [0.1, 0.15) is 5.69 Å². The second-order valence-corrected chi connectivity index (χ2v) is 6.67. The van der Waals surface area contributed by atoms with Crippen LogP contribution in [0.3, 0.4) is 0 Å². The van der Waals surface area contributed by atoms with Gasteiger partial charge in [-0.25, -0.2) is 4.98 Å². The summed E-state index contributed by atoms with van der Waals surface area (Å²) in [5.74, 6) is 0.422. The van der Waals surface area contributed by atoms with Crippen LogP contribution in [0.25, 0.3) is 11.3 Å². The number of H-pyrrole nitrogens is 1. The number of aromatic amines is 1. The number of amides is 1. The highest BCUT2D eigenvalue weighted by atomic mass is 32.1. The van der Waals surface area contributed by atoms with Gasteiger partial charge in [-0.3, -0.25) is 4.79 Å². The Hall–Kier alpha value is -1.66. The van der Waals surface area contributed by atoms with Gasteiger partial charge in [-0.1, -0.05) is 6.92 Å². The molecule has 2 unspecified atom stereocenters. The van der Waals surface area contributed by atoms with Crippen molar-refractivity contribution in [3.05, 3.63) is 28.3 Å². The highest BCUT2D eigenvalue weighted by Gasteiger charge is 2.23. The zero-order valence-corrected chi connectivity index (χ0v) is 13.1. The molecule has 0 bridgehead atoms. The van der Waals surface area contributed by atoms with Crippen LogP contribution in [0.5, 0.6) is 0 Å². The Balaban J connectivity index is 1.69. The van der Waals surface area contributed by atoms with E-state index in [0.29, 0.717) is 11.6 Å². The number of nitrogens with zero attached hydrogens (tertiary/aromatic N) is 1. The predicted molar refractivity (Wildman–Crippen MR) is 84.5 cm³/mol. The maximum Gasteiger partial charge on any atom is 0.267 e. The van der Waals surface area contributed by atoms with Crippen LogP contribution in [0.2, 0.25) is 0 Å². The second kappa shape index (κ2) is 5.99. The van der Waals surface area contributed by atoms with Crippen molar-refractivity contribution >= 4 is 17.2 Å². The topological polar surface area (TPSA) is 69.8 Å². The molecule has 2 atom stereocenters. The molecule has 2 aromatic heterocycles. The average Bonchev–Trinajstić information content (AvgIpc) is 3.10. The Morgan fingerprint density at radius 1 is 1.52 bits per heavy atom. The lowest BCUT2D eigenvalue weighted by molar-refractivity contribution is 0.0910. The minimum Gasteiger partial charge on any atom is -0.357 e. The van der Waals surface area contributed by atoms with E-state index in [-0.39, 0.29) is 11.9 Å². The summed E-state index contributed by atoms with van der Waals surface area (Å²) in [6.07, 6.45) is 2.82. The largest absolute Gasteiger partial charge is 0.357 e. The van der Waals surface area contributed by atoms with Crippen LogP contribution in [0.15, 0.2) is 17.6 Å². The SMILES string of the molecule is Cc1nc(-c2c[nH]c(C(=O)NC3CCNCC3C)c2)cs1. The van der Waals surface area contributed by atoms with Crippen molar-refractivity contribution in [2.75, 3.05) is 13.1 Å². The first-order valence-corrected chi connectivity index (χ1v) is 8.14. The number of carbonyl (C=O) groups excluding carboxylic acids is 1. The highest BCUT2D eigenvalue weighted by molar-refractivity contribution is 7.09. The Kier molecular flexibility index (Phi) is 4.07. The first-order chi connectivity index (χ1) is 10.1. The van der Waals surface area contributed by atoms with Gasteiger partial charge in [-0.15, -0.1) is 11.3 Å². The summed E-state index contributed by atoms with van der Waals surface area (Å²) in [6.45, 7) is 6.06. The molecule has 0 aliphatic carbocycles. The van der Waals surface area contributed by atoms with Gasteiger partial charge in [0, 0.05) is 23.2 Å². The van der Waals surface area contributed by atoms with Crippen molar-refractivity contribution in [2.24, 2.45) is 5.92 Å². The van der Waals surface area contributed by atoms with Crippen LogP contribution in [0.4, 0.5) is 0 Å². The fourth-order valence-electron chi connectivity index (χ4n) is 2.64. The Bertz CT molecular complexity index is 633. The molecular formula is C15H20N4OS. The molecule has 0 spiro atoms. The molecule has 3 rings (SSSR count). The van der Waals surface area contributed by atoms with Crippen LogP contribution < -0.4 is 10.6 Å². The molecule has 1 fully saturated rings. The second-order valence-electron chi connectivity index (χ2n) is 5.60. The zero-order chi connectivity index (χ0) is 14.8. The van der Waals surface area contributed by atoms with Gasteiger partial charge in [0.25, 0.3) is 5.91 Å². The molecule has 3 heterocycles. The van der Waals surface area contributed by atoms with E-state index in [1.807, 2.05) is 24.6 Å². The molecule has 112 valence electrons. The van der Waals surface area contributed by atoms with E-state index in [2.05, 4.69) is 27.5 Å². The Morgan fingerprint density at radius 3 is 3.10 bits per heavy atom. The lowest BCUT2D eigenvalue weighted by atomic mass is 9.95. The van der Waals surface area contributed by atoms with Crippen molar-refractivity contribution in [3.63, 3.8) is 0 Å². The van der Waals surface area contributed by atoms with Crippen molar-refractivity contribution < 1.29 is 4.79 Å². The van der Waals surface area contributed by atoms with Crippen molar-refractivity contribution in [3.8, 4) is 11.3 Å². The van der Waals surface area contributed by atoms with Gasteiger partial charge in [-0.2, -0.15) is 0 Å². The molecule has 6 heteroatoms. The predicted octanol–water partition coefficient (Wildman–Crippen LogP) is 2.17. The molecule has 1 amide bonds. The van der Waals surface area contributed by atoms with Gasteiger partial charge in [0.05, 0.1) is 10.7 Å². The lowest BCUT2D eigenvalue weighted by Gasteiger charge is -2.30. The third-order valence-corrected chi connectivity index (χ3v) is 4.72. The fraction of sp³-hybridized carbons (Fsp3) is 0.467. The molecule has 0 saturated carbocycles. The number of piperidine rings is 1. The van der Waals surface area contributed by atoms with E-state index in [1.165, 1.54) is 0 Å². The molecular weight excluding hydrogens is 284 g/mol. The standard InChI is InChI=1S/C15H20N4OS/c1-9-6-16-4-3-12(9)19-15(20)13-5-11(7-17-13)14-8-21-10(2)18-14/h5,7-9,12,16-17H,3-4,6H2,1-2H3,(H,19,20). The summed E-state index contributed by atoms with van der Waals surface area (Å²) in [7, 11) is 0. The number of aryl methyl sites for hydroxylation is 1. The summed E-state index contributed by atoms with van der Waals surface area (Å²) < 4.78 is 0. The maximum absolute atomic E-state index is 12.3. The summed E-state index contributed by atoms with van der Waals surface area (Å²) >= 11 is 1.61. The van der Waals surface area contributed by atoms with Crippen molar-refractivity contribution in [2.45, 2.75) is 26.3 Å². The van der Waals surface area contributed by atoms with Crippen molar-refractivity contribution in [1.29, 1.82) is 0 Å². The van der Waals surface area contributed by atoms with Gasteiger partial charge in [0.2, 0.25) is 0 Å². The Labute approximate surface area is 128 Å². The van der Waals surface area contributed by atoms with Gasteiger partial charge in [0.15, 0.2) is 0 Å². The smallest absolute Gasteiger partial charge is 0.267 e. The van der Waals surface area contributed by atoms with Gasteiger partial charge >= 0.3 is 0 Å². The van der Waals surface area contributed by atoms with Crippen LogP contribution >= 0.6 is 11.3 Å². The minimum absolute atomic E-state index is 0.0352. The maximum atomic E-state index is 12.3. The number of carbonyl (C=O) groups is 1. The molecule has 3 N–H and O–H groups in total. The van der Waals surface area contributed by atoms with E-state index >= 15 is 0 Å². The number of nitrogens with one attached hydrogen (secondary N) is 3. The number of hydrogen-bond acceptors (Lipinski definition) is 4. The number of aromatic nitrogens is 2. The normalized spacial score (nSPS) is 22.2.